The highest BCUT2D eigenvalue weighted by molar-refractivity contribution is 7.14. The molecule has 0 spiro atoms. The number of carbonyl (C=O) groups excluding carboxylic acids is 3. The van der Waals surface area contributed by atoms with Gasteiger partial charge in [-0.3, -0.25) is 9.59 Å². The number of hydrogen-bond donors (Lipinski definition) is 2. The van der Waals surface area contributed by atoms with Crippen LogP contribution in [0.15, 0.2) is 41.8 Å². The van der Waals surface area contributed by atoms with Crippen molar-refractivity contribution in [2.45, 2.75) is 24.9 Å². The summed E-state index contributed by atoms with van der Waals surface area (Å²) in [6.45, 7) is 2.02. The SMILES string of the molecule is COC(=O)c1ccsc1N1CCC(NC(=O)C(C)(N)c2ccccc2)C1=O.Cl. The molecule has 1 aromatic heterocycles. The van der Waals surface area contributed by atoms with Gasteiger partial charge in [0.25, 0.3) is 0 Å². The molecule has 2 aromatic rings. The lowest BCUT2D eigenvalue weighted by molar-refractivity contribution is -0.130. The number of benzene rings is 1. The van der Waals surface area contributed by atoms with E-state index in [1.807, 2.05) is 6.07 Å². The second kappa shape index (κ2) is 8.72. The van der Waals surface area contributed by atoms with E-state index in [4.69, 9.17) is 10.5 Å². The lowest BCUT2D eigenvalue weighted by Crippen LogP contribution is -2.53. The minimum absolute atomic E-state index is 0. The number of rotatable bonds is 5. The second-order valence-electron chi connectivity index (χ2n) is 6.50. The predicted octanol–water partition coefficient (Wildman–Crippen LogP) is 2.05. The summed E-state index contributed by atoms with van der Waals surface area (Å²) in [6, 6.07) is 9.94. The molecule has 1 saturated heterocycles. The number of halogens is 1. The van der Waals surface area contributed by atoms with E-state index in [1.165, 1.54) is 23.3 Å². The molecule has 1 fully saturated rings. The zero-order valence-corrected chi connectivity index (χ0v) is 17.1. The van der Waals surface area contributed by atoms with Crippen LogP contribution < -0.4 is 16.0 Å². The van der Waals surface area contributed by atoms with Gasteiger partial charge in [0.05, 0.1) is 12.7 Å². The highest BCUT2D eigenvalue weighted by atomic mass is 35.5. The van der Waals surface area contributed by atoms with Gasteiger partial charge < -0.3 is 20.7 Å². The third-order valence-electron chi connectivity index (χ3n) is 4.65. The Balaban J connectivity index is 0.00000280. The zero-order valence-electron chi connectivity index (χ0n) is 15.5. The number of ether oxygens (including phenoxy) is 1. The first kappa shape index (κ1) is 21.9. The summed E-state index contributed by atoms with van der Waals surface area (Å²) in [4.78, 5) is 38.9. The zero-order chi connectivity index (χ0) is 19.6. The van der Waals surface area contributed by atoms with Crippen molar-refractivity contribution >= 4 is 46.5 Å². The number of amides is 2. The minimum Gasteiger partial charge on any atom is -0.465 e. The van der Waals surface area contributed by atoms with E-state index in [-0.39, 0.29) is 18.3 Å². The maximum absolute atomic E-state index is 12.8. The standard InChI is InChI=1S/C19H21N3O4S.ClH/c1-19(20,12-6-4-3-5-7-12)18(25)21-14-8-10-22(15(14)23)16-13(9-11-27-16)17(24)26-2;/h3-7,9,11,14H,8,10,20H2,1-2H3,(H,21,25);1H. The molecule has 1 aliphatic rings. The Kier molecular flexibility index (Phi) is 6.82. The first-order chi connectivity index (χ1) is 12.9. The lowest BCUT2D eigenvalue weighted by atomic mass is 9.92. The van der Waals surface area contributed by atoms with E-state index in [0.717, 1.165) is 0 Å². The van der Waals surface area contributed by atoms with E-state index < -0.39 is 23.5 Å². The Hall–Kier alpha value is -2.42. The van der Waals surface area contributed by atoms with Crippen LogP contribution in [-0.2, 0) is 19.9 Å². The Morgan fingerprint density at radius 1 is 1.29 bits per heavy atom. The molecule has 0 aliphatic carbocycles. The highest BCUT2D eigenvalue weighted by Crippen LogP contribution is 2.32. The van der Waals surface area contributed by atoms with Gasteiger partial charge in [-0.2, -0.15) is 0 Å². The molecule has 1 aliphatic heterocycles. The van der Waals surface area contributed by atoms with Gasteiger partial charge in [0.15, 0.2) is 0 Å². The number of nitrogens with two attached hydrogens (primary N) is 1. The van der Waals surface area contributed by atoms with Gasteiger partial charge in [0.2, 0.25) is 11.8 Å². The van der Waals surface area contributed by atoms with Crippen LogP contribution in [0, 0.1) is 0 Å². The van der Waals surface area contributed by atoms with E-state index in [9.17, 15) is 14.4 Å². The van der Waals surface area contributed by atoms with Gasteiger partial charge in [0.1, 0.15) is 16.6 Å². The molecule has 2 heterocycles. The summed E-state index contributed by atoms with van der Waals surface area (Å²) in [6.07, 6.45) is 0.438. The monoisotopic (exact) mass is 423 g/mol. The molecule has 0 radical (unpaired) electrons. The molecule has 1 aromatic carbocycles. The molecule has 0 bridgehead atoms. The third kappa shape index (κ3) is 4.04. The smallest absolute Gasteiger partial charge is 0.340 e. The molecule has 2 amide bonds. The number of nitrogens with zero attached hydrogens (tertiary/aromatic N) is 1. The van der Waals surface area contributed by atoms with Crippen molar-refractivity contribution in [3.63, 3.8) is 0 Å². The van der Waals surface area contributed by atoms with Crippen LogP contribution in [0.4, 0.5) is 5.00 Å². The lowest BCUT2D eigenvalue weighted by Gasteiger charge is -2.26. The van der Waals surface area contributed by atoms with Gasteiger partial charge in [-0.25, -0.2) is 4.79 Å². The fraction of sp³-hybridized carbons (Fsp3) is 0.316. The van der Waals surface area contributed by atoms with Crippen LogP contribution >= 0.6 is 23.7 Å². The molecule has 3 rings (SSSR count). The van der Waals surface area contributed by atoms with Crippen LogP contribution in [0.2, 0.25) is 0 Å². The Labute approximate surface area is 173 Å². The average Bonchev–Trinajstić information content (AvgIpc) is 3.29. The van der Waals surface area contributed by atoms with Crippen LogP contribution in [0.1, 0.15) is 29.3 Å². The van der Waals surface area contributed by atoms with E-state index in [2.05, 4.69) is 5.32 Å². The van der Waals surface area contributed by atoms with Crippen LogP contribution in [-0.4, -0.2) is 37.5 Å². The highest BCUT2D eigenvalue weighted by Gasteiger charge is 2.39. The number of thiophene rings is 1. The fourth-order valence-electron chi connectivity index (χ4n) is 3.01. The quantitative estimate of drug-likeness (QED) is 0.716. The van der Waals surface area contributed by atoms with Crippen LogP contribution in [0.5, 0.6) is 0 Å². The topological polar surface area (TPSA) is 102 Å². The second-order valence-corrected chi connectivity index (χ2v) is 7.40. The van der Waals surface area contributed by atoms with E-state index in [1.54, 1.807) is 42.6 Å². The summed E-state index contributed by atoms with van der Waals surface area (Å²) in [5.41, 5.74) is 5.97. The van der Waals surface area contributed by atoms with E-state index >= 15 is 0 Å². The van der Waals surface area contributed by atoms with Crippen LogP contribution in [0.3, 0.4) is 0 Å². The molecule has 28 heavy (non-hydrogen) atoms. The number of esters is 1. The normalized spacial score (nSPS) is 18.2. The van der Waals surface area contributed by atoms with Crippen LogP contribution in [0.25, 0.3) is 0 Å². The Morgan fingerprint density at radius 2 is 1.96 bits per heavy atom. The first-order valence-corrected chi connectivity index (χ1v) is 9.36. The molecule has 3 N–H and O–H groups in total. The summed E-state index contributed by atoms with van der Waals surface area (Å²) in [5.74, 6) is -1.18. The van der Waals surface area contributed by atoms with Gasteiger partial charge in [0, 0.05) is 6.54 Å². The number of carbonyl (C=O) groups is 3. The number of methoxy groups -OCH3 is 1. The Bertz CT molecular complexity index is 869. The third-order valence-corrected chi connectivity index (χ3v) is 5.59. The van der Waals surface area contributed by atoms with Crippen molar-refractivity contribution in [1.29, 1.82) is 0 Å². The summed E-state index contributed by atoms with van der Waals surface area (Å²) in [5, 5.41) is 5.01. The largest absolute Gasteiger partial charge is 0.465 e. The summed E-state index contributed by atoms with van der Waals surface area (Å²) < 4.78 is 4.76. The molecule has 2 unspecified atom stereocenters. The number of anilines is 1. The maximum atomic E-state index is 12.8. The molecular formula is C19H22ClN3O4S. The Morgan fingerprint density at radius 3 is 2.61 bits per heavy atom. The molecule has 150 valence electrons. The van der Waals surface area contributed by atoms with Crippen molar-refractivity contribution in [3.8, 4) is 0 Å². The van der Waals surface area contributed by atoms with Gasteiger partial charge in [-0.05, 0) is 30.4 Å². The van der Waals surface area contributed by atoms with Gasteiger partial charge >= 0.3 is 5.97 Å². The van der Waals surface area contributed by atoms with Gasteiger partial charge in [-0.1, -0.05) is 30.3 Å². The molecule has 9 heteroatoms. The van der Waals surface area contributed by atoms with E-state index in [0.29, 0.717) is 29.1 Å². The van der Waals surface area contributed by atoms with Crippen molar-refractivity contribution in [2.75, 3.05) is 18.6 Å². The molecule has 2 atom stereocenters. The van der Waals surface area contributed by atoms with Crippen molar-refractivity contribution in [1.82, 2.24) is 5.32 Å². The molecule has 7 nitrogen and oxygen atoms in total. The minimum atomic E-state index is -1.25. The maximum Gasteiger partial charge on any atom is 0.340 e. The fourth-order valence-corrected chi connectivity index (χ4v) is 3.93. The molecule has 0 saturated carbocycles. The summed E-state index contributed by atoms with van der Waals surface area (Å²) >= 11 is 1.28. The van der Waals surface area contributed by atoms with Gasteiger partial charge in [-0.15, -0.1) is 23.7 Å². The van der Waals surface area contributed by atoms with Crippen molar-refractivity contribution in [2.24, 2.45) is 5.73 Å². The number of nitrogens with one attached hydrogen (secondary N) is 1. The summed E-state index contributed by atoms with van der Waals surface area (Å²) in [7, 11) is 1.30. The van der Waals surface area contributed by atoms with Crippen molar-refractivity contribution < 1.29 is 19.1 Å². The first-order valence-electron chi connectivity index (χ1n) is 8.48. The number of hydrogen-bond acceptors (Lipinski definition) is 6. The molecular weight excluding hydrogens is 402 g/mol. The average molecular weight is 424 g/mol. The van der Waals surface area contributed by atoms with Crippen molar-refractivity contribution in [3.05, 3.63) is 52.9 Å². The predicted molar refractivity (Wildman–Crippen MR) is 110 cm³/mol.